The van der Waals surface area contributed by atoms with Gasteiger partial charge in [0.1, 0.15) is 5.75 Å². The Morgan fingerprint density at radius 1 is 1.31 bits per heavy atom. The predicted octanol–water partition coefficient (Wildman–Crippen LogP) is 4.48. The molecule has 1 aliphatic rings. The van der Waals surface area contributed by atoms with Gasteiger partial charge < -0.3 is 15.8 Å². The molecule has 5 nitrogen and oxygen atoms in total. The number of halogens is 1. The summed E-state index contributed by atoms with van der Waals surface area (Å²) in [6, 6.07) is 7.74. The summed E-state index contributed by atoms with van der Waals surface area (Å²) in [5.41, 5.74) is 7.68. The van der Waals surface area contributed by atoms with Crippen molar-refractivity contribution in [2.45, 2.75) is 38.5 Å². The van der Waals surface area contributed by atoms with Crippen molar-refractivity contribution in [3.05, 3.63) is 29.6 Å². The van der Waals surface area contributed by atoms with Crippen LogP contribution in [-0.2, 0) is 4.79 Å². The molecule has 1 aliphatic carbocycles. The first-order valence-corrected chi connectivity index (χ1v) is 9.63. The number of carbonyl (C=O) groups excluding carboxylic acids is 1. The molecule has 0 atom stereocenters. The average molecular weight is 396 g/mol. The molecule has 7 heteroatoms. The van der Waals surface area contributed by atoms with Crippen LogP contribution in [0.15, 0.2) is 29.6 Å². The van der Waals surface area contributed by atoms with Gasteiger partial charge in [-0.05, 0) is 36.9 Å². The van der Waals surface area contributed by atoms with E-state index < -0.39 is 0 Å². The van der Waals surface area contributed by atoms with Crippen molar-refractivity contribution in [3.8, 4) is 17.0 Å². The maximum absolute atomic E-state index is 12.5. The highest BCUT2D eigenvalue weighted by molar-refractivity contribution is 7.14. The molecule has 0 saturated heterocycles. The van der Waals surface area contributed by atoms with Crippen molar-refractivity contribution < 1.29 is 9.53 Å². The smallest absolute Gasteiger partial charge is 0.226 e. The van der Waals surface area contributed by atoms with Gasteiger partial charge in [-0.1, -0.05) is 31.4 Å². The molecule has 0 bridgehead atoms. The molecule has 0 aliphatic heterocycles. The van der Waals surface area contributed by atoms with Crippen LogP contribution in [0.1, 0.15) is 38.5 Å². The van der Waals surface area contributed by atoms with Crippen molar-refractivity contribution >= 4 is 34.8 Å². The molecule has 0 radical (unpaired) electrons. The monoisotopic (exact) mass is 395 g/mol. The Labute approximate surface area is 164 Å². The second-order valence-electron chi connectivity index (χ2n) is 6.73. The lowest BCUT2D eigenvalue weighted by atomic mass is 9.72. The second kappa shape index (κ2) is 9.35. The Hall–Kier alpha value is -1.63. The summed E-state index contributed by atoms with van der Waals surface area (Å²) in [6.45, 7) is 0.574. The maximum atomic E-state index is 12.5. The molecule has 3 rings (SSSR count). The van der Waals surface area contributed by atoms with Crippen LogP contribution in [0.4, 0.5) is 5.13 Å². The third-order valence-electron chi connectivity index (χ3n) is 5.02. The summed E-state index contributed by atoms with van der Waals surface area (Å²) in [6.07, 6.45) is 6.15. The second-order valence-corrected chi connectivity index (χ2v) is 7.59. The third kappa shape index (κ3) is 4.75. The number of hydrogen-bond acceptors (Lipinski definition) is 5. The minimum Gasteiger partial charge on any atom is -0.496 e. The van der Waals surface area contributed by atoms with Gasteiger partial charge >= 0.3 is 0 Å². The molecule has 1 saturated carbocycles. The Kier molecular flexibility index (Phi) is 7.43. The summed E-state index contributed by atoms with van der Waals surface area (Å²) in [5.74, 6) is 0.781. The quantitative estimate of drug-likeness (QED) is 0.755. The Morgan fingerprint density at radius 3 is 2.73 bits per heavy atom. The number of amides is 1. The first-order valence-electron chi connectivity index (χ1n) is 8.75. The molecule has 3 N–H and O–H groups in total. The lowest BCUT2D eigenvalue weighted by molar-refractivity contribution is -0.118. The van der Waals surface area contributed by atoms with Crippen LogP contribution in [0, 0.1) is 5.41 Å². The molecule has 1 amide bonds. The fourth-order valence-electron chi connectivity index (χ4n) is 3.57. The zero-order valence-corrected chi connectivity index (χ0v) is 16.6. The number of aromatic nitrogens is 1. The number of benzene rings is 1. The number of ether oxygens (including phenoxy) is 1. The van der Waals surface area contributed by atoms with Crippen LogP contribution in [0.5, 0.6) is 5.75 Å². The first kappa shape index (κ1) is 20.7. The molecule has 2 aromatic rings. The van der Waals surface area contributed by atoms with E-state index in [1.807, 2.05) is 29.6 Å². The fraction of sp³-hybridized carbons (Fsp3) is 0.474. The standard InChI is InChI=1S/C19H25N3O2S.ClH/c1-24-16-8-4-3-7-14(16)15-12-25-18(21-15)22-17(23)11-19(13-20)9-5-2-6-10-19;/h3-4,7-8,12H,2,5-6,9-11,13,20H2,1H3,(H,21,22,23);1H. The van der Waals surface area contributed by atoms with Crippen LogP contribution in [0.2, 0.25) is 0 Å². The van der Waals surface area contributed by atoms with Crippen LogP contribution >= 0.6 is 23.7 Å². The van der Waals surface area contributed by atoms with Gasteiger partial charge in [0.2, 0.25) is 5.91 Å². The van der Waals surface area contributed by atoms with Gasteiger partial charge in [-0.3, -0.25) is 4.79 Å². The van der Waals surface area contributed by atoms with Gasteiger partial charge in [0.15, 0.2) is 5.13 Å². The number of hydrogen-bond donors (Lipinski definition) is 2. The molecule has 0 unspecified atom stereocenters. The van der Waals surface area contributed by atoms with Crippen molar-refractivity contribution in [1.82, 2.24) is 4.98 Å². The van der Waals surface area contributed by atoms with Crippen molar-refractivity contribution in [2.75, 3.05) is 19.0 Å². The molecule has 1 aromatic carbocycles. The molecule has 142 valence electrons. The number of para-hydroxylation sites is 1. The van der Waals surface area contributed by atoms with E-state index >= 15 is 0 Å². The number of nitrogens with one attached hydrogen (secondary N) is 1. The number of thiazole rings is 1. The molecule has 1 fully saturated rings. The minimum atomic E-state index is -0.0366. The van der Waals surface area contributed by atoms with E-state index in [0.717, 1.165) is 29.8 Å². The van der Waals surface area contributed by atoms with Crippen LogP contribution in [-0.4, -0.2) is 24.5 Å². The highest BCUT2D eigenvalue weighted by Crippen LogP contribution is 2.39. The van der Waals surface area contributed by atoms with Gasteiger partial charge in [0.25, 0.3) is 0 Å². The van der Waals surface area contributed by atoms with Crippen molar-refractivity contribution in [1.29, 1.82) is 0 Å². The van der Waals surface area contributed by atoms with Gasteiger partial charge in [-0.15, -0.1) is 23.7 Å². The number of anilines is 1. The number of nitrogens with zero attached hydrogens (tertiary/aromatic N) is 1. The largest absolute Gasteiger partial charge is 0.496 e. The number of methoxy groups -OCH3 is 1. The molecule has 0 spiro atoms. The zero-order valence-electron chi connectivity index (χ0n) is 15.0. The highest BCUT2D eigenvalue weighted by Gasteiger charge is 2.33. The Bertz CT molecular complexity index is 729. The van der Waals surface area contributed by atoms with Gasteiger partial charge in [0.05, 0.1) is 12.8 Å². The van der Waals surface area contributed by atoms with Crippen LogP contribution in [0.25, 0.3) is 11.3 Å². The SMILES string of the molecule is COc1ccccc1-c1csc(NC(=O)CC2(CN)CCCCC2)n1.Cl. The van der Waals surface area contributed by atoms with E-state index in [1.54, 1.807) is 7.11 Å². The van der Waals surface area contributed by atoms with Gasteiger partial charge in [-0.2, -0.15) is 0 Å². The number of carbonyl (C=O) groups is 1. The summed E-state index contributed by atoms with van der Waals surface area (Å²) in [7, 11) is 1.64. The van der Waals surface area contributed by atoms with Crippen LogP contribution in [0.3, 0.4) is 0 Å². The lowest BCUT2D eigenvalue weighted by Crippen LogP contribution is -2.36. The molecular weight excluding hydrogens is 370 g/mol. The zero-order chi connectivity index (χ0) is 17.7. The normalized spacial score (nSPS) is 15.8. The predicted molar refractivity (Wildman–Crippen MR) is 109 cm³/mol. The highest BCUT2D eigenvalue weighted by atomic mass is 35.5. The van der Waals surface area contributed by atoms with E-state index in [4.69, 9.17) is 10.5 Å². The van der Waals surface area contributed by atoms with Crippen molar-refractivity contribution in [3.63, 3.8) is 0 Å². The molecular formula is C19H26ClN3O2S. The minimum absolute atomic E-state index is 0. The summed E-state index contributed by atoms with van der Waals surface area (Å²) < 4.78 is 5.38. The van der Waals surface area contributed by atoms with E-state index in [-0.39, 0.29) is 23.7 Å². The molecule has 1 heterocycles. The Balaban J connectivity index is 0.00000243. The topological polar surface area (TPSA) is 77.2 Å². The fourth-order valence-corrected chi connectivity index (χ4v) is 4.30. The lowest BCUT2D eigenvalue weighted by Gasteiger charge is -2.35. The first-order chi connectivity index (χ1) is 12.2. The summed E-state index contributed by atoms with van der Waals surface area (Å²) in [4.78, 5) is 17.0. The van der Waals surface area contributed by atoms with Gasteiger partial charge in [0, 0.05) is 17.4 Å². The maximum Gasteiger partial charge on any atom is 0.226 e. The van der Waals surface area contributed by atoms with Crippen LogP contribution < -0.4 is 15.8 Å². The number of nitrogens with two attached hydrogens (primary N) is 1. The summed E-state index contributed by atoms with van der Waals surface area (Å²) >= 11 is 1.43. The van der Waals surface area contributed by atoms with E-state index in [1.165, 1.54) is 30.6 Å². The van der Waals surface area contributed by atoms with E-state index in [9.17, 15) is 4.79 Å². The molecule has 26 heavy (non-hydrogen) atoms. The van der Waals surface area contributed by atoms with Crippen molar-refractivity contribution in [2.24, 2.45) is 11.1 Å². The number of rotatable bonds is 6. The van der Waals surface area contributed by atoms with Gasteiger partial charge in [-0.25, -0.2) is 4.98 Å². The average Bonchev–Trinajstić information content (AvgIpc) is 3.10. The van der Waals surface area contributed by atoms with E-state index in [0.29, 0.717) is 18.1 Å². The third-order valence-corrected chi connectivity index (χ3v) is 5.77. The Morgan fingerprint density at radius 2 is 2.04 bits per heavy atom. The summed E-state index contributed by atoms with van der Waals surface area (Å²) in [5, 5.41) is 5.50. The molecule has 1 aromatic heterocycles. The van der Waals surface area contributed by atoms with E-state index in [2.05, 4.69) is 10.3 Å².